The lowest BCUT2D eigenvalue weighted by Gasteiger charge is -2.34. The lowest BCUT2D eigenvalue weighted by Crippen LogP contribution is -2.44. The zero-order chi connectivity index (χ0) is 23.9. The van der Waals surface area contributed by atoms with Crippen molar-refractivity contribution in [2.45, 2.75) is 0 Å². The minimum absolute atomic E-state index is 0.0993. The molecule has 176 valence electrons. The van der Waals surface area contributed by atoms with Gasteiger partial charge in [-0.3, -0.25) is 15.2 Å². The summed E-state index contributed by atoms with van der Waals surface area (Å²) in [5.74, 6) is 1.39. The van der Waals surface area contributed by atoms with Gasteiger partial charge in [0.25, 0.3) is 5.69 Å². The quantitative estimate of drug-likeness (QED) is 0.292. The molecule has 6 rings (SSSR count). The molecule has 0 spiro atoms. The van der Waals surface area contributed by atoms with Crippen molar-refractivity contribution < 1.29 is 9.66 Å². The molecule has 11 heteroatoms. The Labute approximate surface area is 199 Å². The Morgan fingerprint density at radius 3 is 2.69 bits per heavy atom. The monoisotopic (exact) mass is 470 g/mol. The molecule has 0 radical (unpaired) electrons. The van der Waals surface area contributed by atoms with Crippen LogP contribution in [0, 0.1) is 10.1 Å². The summed E-state index contributed by atoms with van der Waals surface area (Å²) in [6.07, 6.45) is 1.17. The van der Waals surface area contributed by atoms with E-state index in [0.29, 0.717) is 17.3 Å². The molecule has 3 aromatic heterocycles. The van der Waals surface area contributed by atoms with Crippen LogP contribution in [0.15, 0.2) is 54.7 Å². The number of fused-ring (bicyclic) bond motifs is 2. The van der Waals surface area contributed by atoms with Gasteiger partial charge in [-0.15, -0.1) is 0 Å². The second kappa shape index (κ2) is 8.37. The van der Waals surface area contributed by atoms with Crippen molar-refractivity contribution in [1.29, 1.82) is 0 Å². The van der Waals surface area contributed by atoms with Crippen molar-refractivity contribution in [2.24, 2.45) is 0 Å². The van der Waals surface area contributed by atoms with Crippen LogP contribution < -0.4 is 9.64 Å². The summed E-state index contributed by atoms with van der Waals surface area (Å²) in [4.78, 5) is 27.4. The summed E-state index contributed by atoms with van der Waals surface area (Å²) in [5.41, 5.74) is 4.25. The van der Waals surface area contributed by atoms with Gasteiger partial charge in [-0.05, 0) is 37.4 Å². The van der Waals surface area contributed by atoms with E-state index in [9.17, 15) is 10.1 Å². The number of anilines is 1. The summed E-state index contributed by atoms with van der Waals surface area (Å²) in [5, 5.41) is 19.2. The zero-order valence-electron chi connectivity index (χ0n) is 18.9. The number of nitrogens with one attached hydrogen (secondary N) is 2. The van der Waals surface area contributed by atoms with E-state index in [4.69, 9.17) is 9.72 Å². The Morgan fingerprint density at radius 1 is 1.06 bits per heavy atom. The molecule has 1 aliphatic heterocycles. The van der Waals surface area contributed by atoms with Gasteiger partial charge >= 0.3 is 0 Å². The predicted octanol–water partition coefficient (Wildman–Crippen LogP) is 3.95. The van der Waals surface area contributed by atoms with E-state index in [1.54, 1.807) is 6.07 Å². The van der Waals surface area contributed by atoms with Crippen LogP contribution in [-0.4, -0.2) is 68.2 Å². The lowest BCUT2D eigenvalue weighted by molar-refractivity contribution is -0.385. The van der Waals surface area contributed by atoms with E-state index in [1.807, 2.05) is 18.2 Å². The second-order valence-electron chi connectivity index (χ2n) is 8.54. The number of nitro groups is 1. The molecular weight excluding hydrogens is 448 g/mol. The van der Waals surface area contributed by atoms with Gasteiger partial charge in [0.05, 0.1) is 26.9 Å². The molecule has 0 amide bonds. The Kier molecular flexibility index (Phi) is 5.03. The molecule has 0 atom stereocenters. The Hall–Kier alpha value is -4.51. The van der Waals surface area contributed by atoms with Crippen molar-refractivity contribution in [3.05, 3.63) is 64.8 Å². The first-order chi connectivity index (χ1) is 17.0. The molecular formula is C24H22N8O3. The summed E-state index contributed by atoms with van der Waals surface area (Å²) >= 11 is 0. The Morgan fingerprint density at radius 2 is 1.91 bits per heavy atom. The topological polar surface area (TPSA) is 129 Å². The molecule has 4 heterocycles. The van der Waals surface area contributed by atoms with Gasteiger partial charge in [0.1, 0.15) is 17.6 Å². The fraction of sp³-hybridized carbons (Fsp3) is 0.208. The van der Waals surface area contributed by atoms with Gasteiger partial charge in [-0.25, -0.2) is 9.97 Å². The largest absolute Gasteiger partial charge is 0.438 e. The first-order valence-corrected chi connectivity index (χ1v) is 11.2. The van der Waals surface area contributed by atoms with Crippen molar-refractivity contribution in [3.8, 4) is 23.1 Å². The van der Waals surface area contributed by atoms with Crippen LogP contribution in [0.1, 0.15) is 0 Å². The van der Waals surface area contributed by atoms with E-state index in [2.05, 4.69) is 49.1 Å². The number of rotatable bonds is 5. The van der Waals surface area contributed by atoms with Crippen LogP contribution in [-0.2, 0) is 0 Å². The number of hydrogen-bond acceptors (Lipinski definition) is 8. The number of likely N-dealkylation sites (N-methyl/N-ethyl adjacent to an activating group) is 1. The molecule has 35 heavy (non-hydrogen) atoms. The first kappa shape index (κ1) is 21.1. The Bertz CT molecular complexity index is 1530. The molecule has 1 aliphatic rings. The molecule has 11 nitrogen and oxygen atoms in total. The lowest BCUT2D eigenvalue weighted by atomic mass is 10.2. The maximum absolute atomic E-state index is 10.9. The second-order valence-corrected chi connectivity index (χ2v) is 8.54. The van der Waals surface area contributed by atoms with E-state index in [-0.39, 0.29) is 11.6 Å². The van der Waals surface area contributed by atoms with Crippen molar-refractivity contribution in [2.75, 3.05) is 38.1 Å². The molecule has 1 saturated heterocycles. The number of piperazine rings is 1. The third-order valence-electron chi connectivity index (χ3n) is 6.26. The minimum atomic E-state index is -0.498. The number of hydrogen-bond donors (Lipinski definition) is 2. The maximum Gasteiger partial charge on any atom is 0.287 e. The van der Waals surface area contributed by atoms with Crippen LogP contribution in [0.2, 0.25) is 0 Å². The molecule has 0 bridgehead atoms. The van der Waals surface area contributed by atoms with E-state index < -0.39 is 4.92 Å². The summed E-state index contributed by atoms with van der Waals surface area (Å²) in [6, 6.07) is 14.6. The number of pyridine rings is 1. The highest BCUT2D eigenvalue weighted by molar-refractivity contribution is 5.97. The summed E-state index contributed by atoms with van der Waals surface area (Å²) in [7, 11) is 2.14. The van der Waals surface area contributed by atoms with Crippen molar-refractivity contribution in [3.63, 3.8) is 0 Å². The standard InChI is InChI=1S/C24H22N8O3/c1-30-9-11-31(12-10-30)15-5-7-17-19(13-15)27-24(26-17)23-22-18(28-29-23)3-2-4-20(22)35-21-8-6-16(14-25-21)32(33)34/h2-8,13-14H,9-12H2,1H3,(H,26,27)(H,28,29). The first-order valence-electron chi connectivity index (χ1n) is 11.2. The number of H-pyrrole nitrogens is 2. The average Bonchev–Trinajstić information content (AvgIpc) is 3.49. The number of imidazole rings is 1. The molecule has 2 aromatic carbocycles. The van der Waals surface area contributed by atoms with E-state index >= 15 is 0 Å². The fourth-order valence-electron chi connectivity index (χ4n) is 4.32. The normalized spacial score (nSPS) is 14.6. The zero-order valence-corrected chi connectivity index (χ0v) is 18.9. The SMILES string of the molecule is CN1CCN(c2ccc3nc(-c4n[nH]c5cccc(Oc6ccc([N+](=O)[O-])cn6)c45)[nH]c3c2)CC1. The van der Waals surface area contributed by atoms with Crippen LogP contribution in [0.25, 0.3) is 33.5 Å². The highest BCUT2D eigenvalue weighted by Crippen LogP contribution is 2.36. The number of benzene rings is 2. The van der Waals surface area contributed by atoms with Gasteiger partial charge in [0.15, 0.2) is 5.82 Å². The fourth-order valence-corrected chi connectivity index (χ4v) is 4.32. The van der Waals surface area contributed by atoms with Gasteiger partial charge in [-0.2, -0.15) is 5.10 Å². The smallest absolute Gasteiger partial charge is 0.287 e. The summed E-state index contributed by atoms with van der Waals surface area (Å²) in [6.45, 7) is 4.06. The molecule has 1 fully saturated rings. The number of nitrogens with zero attached hydrogens (tertiary/aromatic N) is 6. The van der Waals surface area contributed by atoms with Crippen LogP contribution in [0.4, 0.5) is 11.4 Å². The van der Waals surface area contributed by atoms with Crippen LogP contribution in [0.3, 0.4) is 0 Å². The van der Waals surface area contributed by atoms with Gasteiger partial charge in [0.2, 0.25) is 5.88 Å². The molecule has 2 N–H and O–H groups in total. The highest BCUT2D eigenvalue weighted by Gasteiger charge is 2.19. The summed E-state index contributed by atoms with van der Waals surface area (Å²) < 4.78 is 5.98. The molecule has 5 aromatic rings. The van der Waals surface area contributed by atoms with Crippen LogP contribution in [0.5, 0.6) is 11.6 Å². The van der Waals surface area contributed by atoms with Gasteiger partial charge in [-0.1, -0.05) is 6.07 Å². The average molecular weight is 470 g/mol. The highest BCUT2D eigenvalue weighted by atomic mass is 16.6. The van der Waals surface area contributed by atoms with E-state index in [1.165, 1.54) is 24.0 Å². The van der Waals surface area contributed by atoms with E-state index in [0.717, 1.165) is 48.1 Å². The molecule has 0 aliphatic carbocycles. The molecule has 0 unspecified atom stereocenters. The molecule has 0 saturated carbocycles. The maximum atomic E-state index is 10.9. The minimum Gasteiger partial charge on any atom is -0.438 e. The third kappa shape index (κ3) is 3.91. The van der Waals surface area contributed by atoms with Gasteiger partial charge in [0, 0.05) is 44.0 Å². The number of ether oxygens (including phenoxy) is 1. The van der Waals surface area contributed by atoms with Crippen molar-refractivity contribution >= 4 is 33.3 Å². The number of aromatic nitrogens is 5. The Balaban J connectivity index is 1.35. The predicted molar refractivity (Wildman–Crippen MR) is 132 cm³/mol. The van der Waals surface area contributed by atoms with Crippen molar-refractivity contribution in [1.82, 2.24) is 30.0 Å². The third-order valence-corrected chi connectivity index (χ3v) is 6.26. The number of aromatic amines is 2. The van der Waals surface area contributed by atoms with Crippen LogP contribution >= 0.6 is 0 Å². The van der Waals surface area contributed by atoms with Gasteiger partial charge < -0.3 is 19.5 Å².